The molecule has 0 spiro atoms. The molecule has 2 N–H and O–H groups in total. The summed E-state index contributed by atoms with van der Waals surface area (Å²) in [7, 11) is 0. The summed E-state index contributed by atoms with van der Waals surface area (Å²) in [6.07, 6.45) is 0.951. The normalized spacial score (nSPS) is 12.4. The Morgan fingerprint density at radius 3 is 1.07 bits per heavy atom. The topological polar surface area (TPSA) is 93.1 Å². The third kappa shape index (κ3) is 9.97. The molecule has 0 bridgehead atoms. The average Bonchev–Trinajstić information content (AvgIpc) is 3.11. The lowest BCUT2D eigenvalue weighted by atomic mass is 9.78. The van der Waals surface area contributed by atoms with Gasteiger partial charge in [0.2, 0.25) is 0 Å². The molecule has 0 fully saturated rings. The molecule has 0 saturated heterocycles. The Kier molecular flexibility index (Phi) is 12.6. The molecule has 318 valence electrons. The molecule has 5 aromatic rings. The van der Waals surface area contributed by atoms with E-state index in [1.807, 2.05) is 76.2 Å². The van der Waals surface area contributed by atoms with Crippen LogP contribution in [-0.4, -0.2) is 22.2 Å². The van der Waals surface area contributed by atoms with E-state index in [0.29, 0.717) is 47.0 Å². The van der Waals surface area contributed by atoms with Gasteiger partial charge in [-0.15, -0.1) is 0 Å². The van der Waals surface area contributed by atoms with Crippen molar-refractivity contribution in [2.24, 2.45) is 0 Å². The van der Waals surface area contributed by atoms with E-state index in [0.717, 1.165) is 66.8 Å². The van der Waals surface area contributed by atoms with Gasteiger partial charge in [0.25, 0.3) is 0 Å². The van der Waals surface area contributed by atoms with Crippen LogP contribution in [0.1, 0.15) is 171 Å². The Morgan fingerprint density at radius 1 is 0.467 bits per heavy atom. The lowest BCUT2D eigenvalue weighted by molar-refractivity contribution is 0.0717. The van der Waals surface area contributed by atoms with E-state index in [-0.39, 0.29) is 10.8 Å². The minimum absolute atomic E-state index is 0.236. The number of phenols is 2. The zero-order valence-electron chi connectivity index (χ0n) is 38.9. The van der Waals surface area contributed by atoms with Gasteiger partial charge in [0, 0.05) is 24.0 Å². The predicted octanol–water partition coefficient (Wildman–Crippen LogP) is 13.1. The molecule has 0 radical (unpaired) electrons. The fourth-order valence-corrected chi connectivity index (χ4v) is 8.29. The maximum atomic E-state index is 13.8. The number of aryl methyl sites for hydroxylation is 4. The van der Waals surface area contributed by atoms with E-state index < -0.39 is 22.8 Å². The number of phenolic OH excluding ortho intramolecular Hbond substituents is 2. The SMILES string of the molecule is Cc1cc(Cc2c(C)ccc(OC(=O)c3ccc(C(=O)Oc4ccc(C)c(Cc5cc(C)cc(C(C)(C)C)c5O)c4C(C)(C)C)cc3)c2C(C)(C)C)c(O)c(C(C)(C)C)c1. The van der Waals surface area contributed by atoms with E-state index in [1.165, 1.54) is 0 Å². The molecule has 0 aliphatic rings. The average molecular weight is 811 g/mol. The second kappa shape index (κ2) is 16.6. The van der Waals surface area contributed by atoms with Crippen LogP contribution in [0.3, 0.4) is 0 Å². The zero-order valence-corrected chi connectivity index (χ0v) is 38.9. The summed E-state index contributed by atoms with van der Waals surface area (Å²) in [6.45, 7) is 33.3. The number of carbonyl (C=O) groups excluding carboxylic acids is 2. The van der Waals surface area contributed by atoms with Crippen molar-refractivity contribution >= 4 is 11.9 Å². The maximum Gasteiger partial charge on any atom is 0.343 e. The van der Waals surface area contributed by atoms with Crippen molar-refractivity contribution < 1.29 is 29.3 Å². The molecule has 6 nitrogen and oxygen atoms in total. The zero-order chi connectivity index (χ0) is 44.9. The summed E-state index contributed by atoms with van der Waals surface area (Å²) < 4.78 is 12.3. The van der Waals surface area contributed by atoms with E-state index in [4.69, 9.17) is 9.47 Å². The predicted molar refractivity (Wildman–Crippen MR) is 245 cm³/mol. The summed E-state index contributed by atoms with van der Waals surface area (Å²) >= 11 is 0. The first-order chi connectivity index (χ1) is 27.6. The van der Waals surface area contributed by atoms with Crippen molar-refractivity contribution in [2.75, 3.05) is 0 Å². The summed E-state index contributed by atoms with van der Waals surface area (Å²) in [5.41, 5.74) is 10.8. The van der Waals surface area contributed by atoms with Gasteiger partial charge < -0.3 is 19.7 Å². The van der Waals surface area contributed by atoms with Gasteiger partial charge in [0.1, 0.15) is 23.0 Å². The highest BCUT2D eigenvalue weighted by Crippen LogP contribution is 2.43. The number of ether oxygens (including phenoxy) is 2. The van der Waals surface area contributed by atoms with Crippen LogP contribution in [0.25, 0.3) is 0 Å². The molecule has 0 aliphatic heterocycles. The van der Waals surface area contributed by atoms with Gasteiger partial charge in [-0.05, 0) is 130 Å². The van der Waals surface area contributed by atoms with Gasteiger partial charge >= 0.3 is 11.9 Å². The quantitative estimate of drug-likeness (QED) is 0.120. The summed E-state index contributed by atoms with van der Waals surface area (Å²) in [5.74, 6) is 0.411. The van der Waals surface area contributed by atoms with Crippen molar-refractivity contribution in [1.29, 1.82) is 0 Å². The van der Waals surface area contributed by atoms with Crippen LogP contribution in [0.2, 0.25) is 0 Å². The van der Waals surface area contributed by atoms with Gasteiger partial charge in [-0.1, -0.05) is 131 Å². The Bertz CT molecular complexity index is 2270. The molecule has 0 unspecified atom stereocenters. The molecular weight excluding hydrogens is 745 g/mol. The van der Waals surface area contributed by atoms with E-state index >= 15 is 0 Å². The first-order valence-electron chi connectivity index (χ1n) is 21.0. The van der Waals surface area contributed by atoms with Gasteiger partial charge in [0.15, 0.2) is 0 Å². The van der Waals surface area contributed by atoms with Crippen LogP contribution >= 0.6 is 0 Å². The van der Waals surface area contributed by atoms with E-state index in [1.54, 1.807) is 24.3 Å². The van der Waals surface area contributed by atoms with E-state index in [9.17, 15) is 19.8 Å². The molecule has 0 heterocycles. The highest BCUT2D eigenvalue weighted by Gasteiger charge is 2.30. The molecule has 0 atom stereocenters. The number of esters is 2. The van der Waals surface area contributed by atoms with Crippen LogP contribution in [0.15, 0.2) is 72.8 Å². The molecule has 0 aromatic heterocycles. The summed E-state index contributed by atoms with van der Waals surface area (Å²) in [5, 5.41) is 22.9. The number of hydrogen-bond acceptors (Lipinski definition) is 6. The highest BCUT2D eigenvalue weighted by molar-refractivity contribution is 5.95. The molecule has 0 saturated carbocycles. The van der Waals surface area contributed by atoms with Gasteiger partial charge in [-0.2, -0.15) is 0 Å². The van der Waals surface area contributed by atoms with Gasteiger partial charge in [-0.25, -0.2) is 9.59 Å². The maximum absolute atomic E-state index is 13.8. The summed E-state index contributed by atoms with van der Waals surface area (Å²) in [6, 6.07) is 22.1. The van der Waals surface area contributed by atoms with Crippen LogP contribution in [-0.2, 0) is 34.5 Å². The molecule has 0 aliphatic carbocycles. The lowest BCUT2D eigenvalue weighted by Crippen LogP contribution is -2.21. The van der Waals surface area contributed by atoms with Crippen molar-refractivity contribution in [3.8, 4) is 23.0 Å². The first kappa shape index (κ1) is 45.7. The summed E-state index contributed by atoms with van der Waals surface area (Å²) in [4.78, 5) is 27.5. The second-order valence-corrected chi connectivity index (χ2v) is 20.8. The largest absolute Gasteiger partial charge is 0.507 e. The van der Waals surface area contributed by atoms with Crippen LogP contribution in [0, 0.1) is 27.7 Å². The third-order valence-corrected chi connectivity index (χ3v) is 11.3. The molecule has 6 heteroatoms. The number of aromatic hydroxyl groups is 2. The molecule has 5 rings (SSSR count). The van der Waals surface area contributed by atoms with Crippen LogP contribution in [0.5, 0.6) is 23.0 Å². The fourth-order valence-electron chi connectivity index (χ4n) is 8.29. The fraction of sp³-hybridized carbons (Fsp3) is 0.407. The van der Waals surface area contributed by atoms with Gasteiger partial charge in [0.05, 0.1) is 11.1 Å². The number of rotatable bonds is 8. The smallest absolute Gasteiger partial charge is 0.343 e. The molecule has 5 aromatic carbocycles. The molecule has 60 heavy (non-hydrogen) atoms. The third-order valence-electron chi connectivity index (χ3n) is 11.3. The Balaban J connectivity index is 1.43. The van der Waals surface area contributed by atoms with Crippen molar-refractivity contribution in [3.05, 3.63) is 151 Å². The Hall–Kier alpha value is -5.36. The lowest BCUT2D eigenvalue weighted by Gasteiger charge is -2.28. The van der Waals surface area contributed by atoms with Crippen molar-refractivity contribution in [3.63, 3.8) is 0 Å². The Morgan fingerprint density at radius 2 is 0.783 bits per heavy atom. The van der Waals surface area contributed by atoms with Gasteiger partial charge in [-0.3, -0.25) is 0 Å². The van der Waals surface area contributed by atoms with Crippen molar-refractivity contribution in [2.45, 2.75) is 145 Å². The number of carbonyl (C=O) groups is 2. The van der Waals surface area contributed by atoms with Crippen molar-refractivity contribution in [1.82, 2.24) is 0 Å². The minimum Gasteiger partial charge on any atom is -0.507 e. The highest BCUT2D eigenvalue weighted by atomic mass is 16.5. The van der Waals surface area contributed by atoms with Crippen LogP contribution < -0.4 is 9.47 Å². The second-order valence-electron chi connectivity index (χ2n) is 20.8. The standard InChI is InChI=1S/C54H66O6/c1-31-25-37(47(55)41(27-31)51(5,6)7)29-39-33(3)17-23-43(45(39)53(11,12)13)59-49(57)35-19-21-36(22-20-35)50(58)60-44-24-18-34(4)40(46(44)54(14,15)16)30-38-26-32(2)28-42(48(38)56)52(8,9)10/h17-28,55-56H,29-30H2,1-16H3. The molecule has 0 amide bonds. The van der Waals surface area contributed by atoms with Crippen LogP contribution in [0.4, 0.5) is 0 Å². The minimum atomic E-state index is -0.546. The monoisotopic (exact) mass is 810 g/mol. The van der Waals surface area contributed by atoms with E-state index in [2.05, 4.69) is 83.1 Å². The number of benzene rings is 5. The number of hydrogen-bond donors (Lipinski definition) is 2. The molecular formula is C54H66O6. The Labute approximate surface area is 359 Å². The first-order valence-corrected chi connectivity index (χ1v) is 21.0.